The van der Waals surface area contributed by atoms with Crippen molar-refractivity contribution in [2.24, 2.45) is 0 Å². The summed E-state index contributed by atoms with van der Waals surface area (Å²) in [4.78, 5) is 17.1. The second kappa shape index (κ2) is 23.3. The van der Waals surface area contributed by atoms with E-state index >= 15 is 0 Å². The molecular formula is C44H55O5PS4. The van der Waals surface area contributed by atoms with Gasteiger partial charge in [-0.2, -0.15) is 0 Å². The Morgan fingerprint density at radius 2 is 1.02 bits per heavy atom. The highest BCUT2D eigenvalue weighted by Gasteiger charge is 2.20. The predicted octanol–water partition coefficient (Wildman–Crippen LogP) is 15.4. The lowest BCUT2D eigenvalue weighted by atomic mass is 10.1. The summed E-state index contributed by atoms with van der Waals surface area (Å²) in [5.74, 6) is 8.55. The first-order valence-corrected chi connectivity index (χ1v) is 24.3. The molecule has 0 aliphatic carbocycles. The Kier molecular flexibility index (Phi) is 18.2. The van der Waals surface area contributed by atoms with Crippen LogP contribution in [0.15, 0.2) is 60.7 Å². The third-order valence-electron chi connectivity index (χ3n) is 9.06. The molecule has 1 N–H and O–H groups in total. The van der Waals surface area contributed by atoms with E-state index in [4.69, 9.17) is 14.0 Å². The zero-order valence-corrected chi connectivity index (χ0v) is 36.3. The van der Waals surface area contributed by atoms with E-state index in [9.17, 15) is 9.46 Å². The molecule has 10 heteroatoms. The molecule has 0 saturated carbocycles. The number of unbranched alkanes of at least 4 members (excludes halogenated alkanes) is 12. The van der Waals surface area contributed by atoms with Crippen LogP contribution in [0.5, 0.6) is 16.6 Å². The monoisotopic (exact) mass is 822 g/mol. The average Bonchev–Trinajstić information content (AvgIpc) is 4.00. The van der Waals surface area contributed by atoms with Gasteiger partial charge in [0, 0.05) is 46.8 Å². The molecule has 0 saturated heterocycles. The lowest BCUT2D eigenvalue weighted by Crippen LogP contribution is -2.02. The summed E-state index contributed by atoms with van der Waals surface area (Å²) >= 11 is 6.60. The second-order valence-corrected chi connectivity index (χ2v) is 18.5. The fraction of sp³-hybridized carbons (Fsp3) is 0.455. The van der Waals surface area contributed by atoms with E-state index < -0.39 is 8.25 Å². The van der Waals surface area contributed by atoms with Crippen molar-refractivity contribution in [2.45, 2.75) is 117 Å². The minimum Gasteiger partial charge on any atom is -0.493 e. The highest BCUT2D eigenvalue weighted by atomic mass is 32.1. The van der Waals surface area contributed by atoms with Crippen molar-refractivity contribution >= 4 is 53.6 Å². The van der Waals surface area contributed by atoms with Crippen molar-refractivity contribution in [3.05, 3.63) is 65.5 Å². The van der Waals surface area contributed by atoms with Crippen LogP contribution < -0.4 is 14.0 Å². The zero-order chi connectivity index (χ0) is 38.0. The highest BCUT2D eigenvalue weighted by molar-refractivity contribution is 7.33. The summed E-state index contributed by atoms with van der Waals surface area (Å²) < 4.78 is 29.6. The van der Waals surface area contributed by atoms with E-state index in [0.29, 0.717) is 18.3 Å². The van der Waals surface area contributed by atoms with Crippen LogP contribution in [-0.4, -0.2) is 18.1 Å². The lowest BCUT2D eigenvalue weighted by molar-refractivity contribution is 0.299. The van der Waals surface area contributed by atoms with Crippen molar-refractivity contribution < 1.29 is 23.5 Å². The van der Waals surface area contributed by atoms with Crippen molar-refractivity contribution in [3.63, 3.8) is 0 Å². The van der Waals surface area contributed by atoms with Gasteiger partial charge in [0.2, 0.25) is 0 Å². The van der Waals surface area contributed by atoms with Gasteiger partial charge >= 0.3 is 8.25 Å². The van der Waals surface area contributed by atoms with Crippen molar-refractivity contribution in [2.75, 3.05) is 13.2 Å². The molecule has 0 aliphatic heterocycles. The van der Waals surface area contributed by atoms with Crippen LogP contribution in [0, 0.1) is 11.8 Å². The molecule has 0 bridgehead atoms. The number of thiophene rings is 4. The summed E-state index contributed by atoms with van der Waals surface area (Å²) in [6.07, 6.45) is 17.8. The Morgan fingerprint density at radius 3 is 1.59 bits per heavy atom. The van der Waals surface area contributed by atoms with Gasteiger partial charge in [0.25, 0.3) is 0 Å². The molecule has 1 unspecified atom stereocenters. The summed E-state index contributed by atoms with van der Waals surface area (Å²) in [5, 5.41) is 0.441. The number of benzene rings is 1. The first kappa shape index (κ1) is 42.3. The molecule has 0 spiro atoms. The molecule has 5 nitrogen and oxygen atoms in total. The molecule has 54 heavy (non-hydrogen) atoms. The Morgan fingerprint density at radius 1 is 0.556 bits per heavy atom. The fourth-order valence-corrected chi connectivity index (χ4v) is 10.6. The standard InChI is InChI=1S/C44H55O5PS4/c1-4-7-10-13-14-15-16-17-20-33-21-22-40(51-33)41-25-23-38(52-41)34-31-37(48-30-19-12-9-6-3)35(32-36(34)47-29-18-11-8-5-2)39-24-26-42(53-39)43-27-28-44(54-43)49-50(45)46/h21-28,31-32,50H,4-16,18-19,29-30H2,1-3H3,(H,45,46). The summed E-state index contributed by atoms with van der Waals surface area (Å²) in [7, 11) is -3.05. The minimum atomic E-state index is -3.05. The maximum atomic E-state index is 11.3. The molecule has 4 aromatic heterocycles. The smallest absolute Gasteiger partial charge is 0.365 e. The molecule has 0 fully saturated rings. The van der Waals surface area contributed by atoms with Crippen molar-refractivity contribution in [3.8, 4) is 68.8 Å². The summed E-state index contributed by atoms with van der Waals surface area (Å²) in [5.41, 5.74) is 2.07. The summed E-state index contributed by atoms with van der Waals surface area (Å²) in [6.45, 7) is 8.03. The summed E-state index contributed by atoms with van der Waals surface area (Å²) in [6, 6.07) is 21.1. The van der Waals surface area contributed by atoms with Crippen LogP contribution in [0.25, 0.3) is 40.4 Å². The van der Waals surface area contributed by atoms with Gasteiger partial charge in [0.15, 0.2) is 5.06 Å². The Labute approximate surface area is 339 Å². The van der Waals surface area contributed by atoms with E-state index in [-0.39, 0.29) is 0 Å². The molecule has 5 rings (SSSR count). The van der Waals surface area contributed by atoms with Crippen LogP contribution in [0.4, 0.5) is 0 Å². The SMILES string of the molecule is CCCCCCCCC#Cc1ccc(-c2ccc(-c3cc(OCCCCCC)c(-c4ccc(-c5ccc(O[PH](=O)O)s5)s4)cc3OCCCCCC)s2)s1. The fourth-order valence-electron chi connectivity index (χ4n) is 6.11. The number of ether oxygens (including phenoxy) is 2. The molecule has 1 atom stereocenters. The first-order valence-electron chi connectivity index (χ1n) is 19.7. The molecule has 0 amide bonds. The van der Waals surface area contributed by atoms with Gasteiger partial charge in [-0.25, -0.2) is 4.57 Å². The van der Waals surface area contributed by atoms with Crippen LogP contribution in [0.2, 0.25) is 0 Å². The van der Waals surface area contributed by atoms with Crippen LogP contribution in [-0.2, 0) is 4.57 Å². The van der Waals surface area contributed by atoms with E-state index in [2.05, 4.69) is 81.1 Å². The van der Waals surface area contributed by atoms with E-state index in [1.54, 1.807) is 40.1 Å². The largest absolute Gasteiger partial charge is 0.493 e. The van der Waals surface area contributed by atoms with Gasteiger partial charge in [0.1, 0.15) is 11.5 Å². The Hall–Kier alpha value is -2.83. The van der Waals surface area contributed by atoms with E-state index in [0.717, 1.165) is 79.1 Å². The topological polar surface area (TPSA) is 65.0 Å². The molecule has 5 aromatic rings. The highest BCUT2D eigenvalue weighted by Crippen LogP contribution is 2.48. The Balaban J connectivity index is 1.42. The number of rotatable bonds is 24. The second-order valence-electron chi connectivity index (χ2n) is 13.5. The maximum absolute atomic E-state index is 11.3. The quantitative estimate of drug-likeness (QED) is 0.0381. The molecular weight excluding hydrogens is 768 g/mol. The van der Waals surface area contributed by atoms with Crippen LogP contribution in [0.3, 0.4) is 0 Å². The van der Waals surface area contributed by atoms with Gasteiger partial charge in [0.05, 0.1) is 18.1 Å². The Bertz CT molecular complexity index is 1940. The third-order valence-corrected chi connectivity index (χ3v) is 14.2. The number of hydrogen-bond acceptors (Lipinski definition) is 8. The van der Waals surface area contributed by atoms with Crippen molar-refractivity contribution in [1.82, 2.24) is 0 Å². The molecule has 4 heterocycles. The predicted molar refractivity (Wildman–Crippen MR) is 236 cm³/mol. The van der Waals surface area contributed by atoms with Gasteiger partial charge in [-0.3, -0.25) is 0 Å². The normalized spacial score (nSPS) is 11.7. The minimum absolute atomic E-state index is 0.441. The molecule has 0 radical (unpaired) electrons. The molecule has 1 aromatic carbocycles. The first-order chi connectivity index (χ1) is 26.5. The van der Waals surface area contributed by atoms with Gasteiger partial charge in [-0.15, -0.1) is 34.0 Å². The van der Waals surface area contributed by atoms with Crippen LogP contribution >= 0.6 is 53.6 Å². The lowest BCUT2D eigenvalue weighted by Gasteiger charge is -2.17. The zero-order valence-electron chi connectivity index (χ0n) is 32.0. The average molecular weight is 823 g/mol. The van der Waals surface area contributed by atoms with Gasteiger partial charge < -0.3 is 18.9 Å². The molecule has 0 aliphatic rings. The van der Waals surface area contributed by atoms with E-state index in [1.165, 1.54) is 85.3 Å². The van der Waals surface area contributed by atoms with Gasteiger partial charge in [-0.1, -0.05) is 115 Å². The van der Waals surface area contributed by atoms with Crippen LogP contribution in [0.1, 0.15) is 122 Å². The van der Waals surface area contributed by atoms with E-state index in [1.807, 2.05) is 6.07 Å². The van der Waals surface area contributed by atoms with Gasteiger partial charge in [-0.05, 0) is 79.9 Å². The molecule has 290 valence electrons. The number of hydrogen-bond donors (Lipinski definition) is 1. The van der Waals surface area contributed by atoms with Crippen molar-refractivity contribution in [1.29, 1.82) is 0 Å². The maximum Gasteiger partial charge on any atom is 0.365 e. The third kappa shape index (κ3) is 13.1.